The van der Waals surface area contributed by atoms with Crippen molar-refractivity contribution in [1.29, 1.82) is 0 Å². The van der Waals surface area contributed by atoms with Gasteiger partial charge < -0.3 is 4.90 Å². The van der Waals surface area contributed by atoms with Gasteiger partial charge in [-0.25, -0.2) is 17.5 Å². The first kappa shape index (κ1) is 15.9. The Morgan fingerprint density at radius 3 is 2.81 bits per heavy atom. The molecular weight excluding hydrogens is 295 g/mol. The molecule has 5 nitrogen and oxygen atoms in total. The largest absolute Gasteiger partial charge is 0.342 e. The Morgan fingerprint density at radius 2 is 2.19 bits per heavy atom. The number of rotatable bonds is 6. The van der Waals surface area contributed by atoms with E-state index in [1.807, 2.05) is 6.92 Å². The van der Waals surface area contributed by atoms with Crippen LogP contribution in [0, 0.1) is 11.7 Å². The Bertz CT molecular complexity index is 618. The van der Waals surface area contributed by atoms with Gasteiger partial charge in [0.15, 0.2) is 0 Å². The summed E-state index contributed by atoms with van der Waals surface area (Å²) in [4.78, 5) is 13.2. The molecule has 2 rings (SSSR count). The van der Waals surface area contributed by atoms with Crippen LogP contribution < -0.4 is 4.72 Å². The van der Waals surface area contributed by atoms with Gasteiger partial charge in [0, 0.05) is 26.1 Å². The van der Waals surface area contributed by atoms with Crippen LogP contribution >= 0.6 is 0 Å². The van der Waals surface area contributed by atoms with Crippen LogP contribution in [-0.4, -0.2) is 38.9 Å². The van der Waals surface area contributed by atoms with E-state index in [0.29, 0.717) is 13.0 Å². The summed E-state index contributed by atoms with van der Waals surface area (Å²) in [6.45, 7) is 3.35. The van der Waals surface area contributed by atoms with Gasteiger partial charge in [-0.2, -0.15) is 0 Å². The lowest BCUT2D eigenvalue weighted by Gasteiger charge is -2.21. The molecule has 0 spiro atoms. The minimum absolute atomic E-state index is 0.00427. The van der Waals surface area contributed by atoms with Gasteiger partial charge in [-0.15, -0.1) is 0 Å². The van der Waals surface area contributed by atoms with Crippen LogP contribution in [0.1, 0.15) is 19.8 Å². The fourth-order valence-corrected chi connectivity index (χ4v) is 3.50. The highest BCUT2D eigenvalue weighted by Crippen LogP contribution is 2.13. The molecule has 116 valence electrons. The van der Waals surface area contributed by atoms with Gasteiger partial charge in [0.05, 0.1) is 4.90 Å². The van der Waals surface area contributed by atoms with Gasteiger partial charge in [0.1, 0.15) is 5.82 Å². The molecule has 1 fully saturated rings. The van der Waals surface area contributed by atoms with E-state index in [2.05, 4.69) is 4.72 Å². The Balaban J connectivity index is 1.90. The maximum Gasteiger partial charge on any atom is 0.240 e. The molecule has 1 aliphatic rings. The van der Waals surface area contributed by atoms with E-state index in [4.69, 9.17) is 0 Å². The highest BCUT2D eigenvalue weighted by atomic mass is 32.2. The summed E-state index contributed by atoms with van der Waals surface area (Å²) in [5.74, 6) is -0.473. The number of nitrogens with one attached hydrogen (secondary N) is 1. The molecule has 1 atom stereocenters. The second-order valence-corrected chi connectivity index (χ2v) is 7.12. The van der Waals surface area contributed by atoms with E-state index in [-0.39, 0.29) is 23.3 Å². The van der Waals surface area contributed by atoms with Crippen molar-refractivity contribution in [1.82, 2.24) is 9.62 Å². The van der Waals surface area contributed by atoms with Crippen LogP contribution in [0.5, 0.6) is 0 Å². The van der Waals surface area contributed by atoms with E-state index < -0.39 is 15.8 Å². The fourth-order valence-electron chi connectivity index (χ4n) is 2.31. The smallest absolute Gasteiger partial charge is 0.240 e. The monoisotopic (exact) mass is 314 g/mol. The molecule has 0 saturated carbocycles. The van der Waals surface area contributed by atoms with Crippen LogP contribution in [-0.2, 0) is 14.8 Å². The number of carbonyl (C=O) groups is 1. The number of nitrogens with zero attached hydrogens (tertiary/aromatic N) is 1. The summed E-state index contributed by atoms with van der Waals surface area (Å²) in [7, 11) is -3.72. The van der Waals surface area contributed by atoms with Gasteiger partial charge in [-0.05, 0) is 30.5 Å². The third kappa shape index (κ3) is 4.25. The van der Waals surface area contributed by atoms with E-state index >= 15 is 0 Å². The van der Waals surface area contributed by atoms with Crippen molar-refractivity contribution in [2.24, 2.45) is 5.92 Å². The molecule has 1 heterocycles. The summed E-state index contributed by atoms with van der Waals surface area (Å²) in [6, 6.07) is 4.88. The first-order chi connectivity index (χ1) is 9.88. The zero-order chi connectivity index (χ0) is 15.5. The maximum atomic E-state index is 13.1. The second-order valence-electron chi connectivity index (χ2n) is 5.36. The third-order valence-electron chi connectivity index (χ3n) is 3.43. The summed E-state index contributed by atoms with van der Waals surface area (Å²) in [6.07, 6.45) is 1.43. The first-order valence-corrected chi connectivity index (χ1v) is 8.40. The average Bonchev–Trinajstić information content (AvgIpc) is 2.82. The van der Waals surface area contributed by atoms with Crippen molar-refractivity contribution in [3.63, 3.8) is 0 Å². The molecule has 1 aromatic rings. The number of hydrogen-bond donors (Lipinski definition) is 1. The molecule has 0 bridgehead atoms. The van der Waals surface area contributed by atoms with Crippen LogP contribution in [0.2, 0.25) is 0 Å². The highest BCUT2D eigenvalue weighted by molar-refractivity contribution is 7.89. The minimum atomic E-state index is -3.72. The molecule has 7 heteroatoms. The normalized spacial score (nSPS) is 17.2. The molecule has 1 saturated heterocycles. The van der Waals surface area contributed by atoms with Crippen molar-refractivity contribution in [2.75, 3.05) is 19.6 Å². The Morgan fingerprint density at radius 1 is 1.43 bits per heavy atom. The minimum Gasteiger partial charge on any atom is -0.342 e. The molecule has 0 aliphatic carbocycles. The summed E-state index contributed by atoms with van der Waals surface area (Å²) < 4.78 is 39.6. The lowest BCUT2D eigenvalue weighted by Crippen LogP contribution is -2.36. The molecule has 1 N–H and O–H groups in total. The van der Waals surface area contributed by atoms with E-state index in [1.54, 1.807) is 4.90 Å². The molecule has 0 aromatic heterocycles. The zero-order valence-electron chi connectivity index (χ0n) is 11.9. The Hall–Kier alpha value is -1.47. The average molecular weight is 314 g/mol. The molecule has 21 heavy (non-hydrogen) atoms. The predicted octanol–water partition coefficient (Wildman–Crippen LogP) is 1.36. The van der Waals surface area contributed by atoms with Crippen LogP contribution in [0.15, 0.2) is 29.2 Å². The molecule has 1 amide bonds. The number of halogens is 1. The molecule has 1 aliphatic heterocycles. The summed E-state index contributed by atoms with van der Waals surface area (Å²) >= 11 is 0. The topological polar surface area (TPSA) is 66.5 Å². The number of sulfonamides is 1. The van der Waals surface area contributed by atoms with Gasteiger partial charge >= 0.3 is 0 Å². The van der Waals surface area contributed by atoms with Gasteiger partial charge in [0.25, 0.3) is 0 Å². The lowest BCUT2D eigenvalue weighted by atomic mass is 10.2. The number of amides is 1. The third-order valence-corrected chi connectivity index (χ3v) is 4.85. The van der Waals surface area contributed by atoms with Gasteiger partial charge in [-0.3, -0.25) is 4.79 Å². The van der Waals surface area contributed by atoms with Crippen molar-refractivity contribution in [3.8, 4) is 0 Å². The van der Waals surface area contributed by atoms with E-state index in [9.17, 15) is 17.6 Å². The number of benzene rings is 1. The van der Waals surface area contributed by atoms with E-state index in [1.165, 1.54) is 18.2 Å². The van der Waals surface area contributed by atoms with Crippen molar-refractivity contribution in [3.05, 3.63) is 30.1 Å². The Labute approximate surface area is 124 Å². The molecular formula is C14H19FN2O3S. The number of likely N-dealkylation sites (tertiary alicyclic amines) is 1. The SMILES string of the molecule is CC(CNS(=O)(=O)c1cccc(F)c1)CN1CCCC1=O. The van der Waals surface area contributed by atoms with Crippen LogP contribution in [0.3, 0.4) is 0 Å². The molecule has 1 unspecified atom stereocenters. The maximum absolute atomic E-state index is 13.1. The zero-order valence-corrected chi connectivity index (χ0v) is 12.7. The van der Waals surface area contributed by atoms with E-state index in [0.717, 1.165) is 19.0 Å². The lowest BCUT2D eigenvalue weighted by molar-refractivity contribution is -0.128. The van der Waals surface area contributed by atoms with Crippen LogP contribution in [0.25, 0.3) is 0 Å². The molecule has 1 aromatic carbocycles. The fraction of sp³-hybridized carbons (Fsp3) is 0.500. The second kappa shape index (κ2) is 6.53. The molecule has 0 radical (unpaired) electrons. The summed E-state index contributed by atoms with van der Waals surface area (Å²) in [5, 5.41) is 0. The number of hydrogen-bond acceptors (Lipinski definition) is 3. The standard InChI is InChI=1S/C14H19FN2O3S/c1-11(10-17-7-3-6-14(17)18)9-16-21(19,20)13-5-2-4-12(15)8-13/h2,4-5,8,11,16H,3,6-7,9-10H2,1H3. The summed E-state index contributed by atoms with van der Waals surface area (Å²) in [5.41, 5.74) is 0. The van der Waals surface area contributed by atoms with Crippen molar-refractivity contribution in [2.45, 2.75) is 24.7 Å². The first-order valence-electron chi connectivity index (χ1n) is 6.91. The van der Waals surface area contributed by atoms with Gasteiger partial charge in [0.2, 0.25) is 15.9 Å². The quantitative estimate of drug-likeness (QED) is 0.862. The predicted molar refractivity (Wildman–Crippen MR) is 76.6 cm³/mol. The Kier molecular flexibility index (Phi) is 4.95. The van der Waals surface area contributed by atoms with Crippen molar-refractivity contribution >= 4 is 15.9 Å². The number of carbonyl (C=O) groups excluding carboxylic acids is 1. The van der Waals surface area contributed by atoms with Crippen molar-refractivity contribution < 1.29 is 17.6 Å². The van der Waals surface area contributed by atoms with Crippen LogP contribution in [0.4, 0.5) is 4.39 Å². The van der Waals surface area contributed by atoms with Gasteiger partial charge in [-0.1, -0.05) is 13.0 Å². The highest BCUT2D eigenvalue weighted by Gasteiger charge is 2.23.